The molecule has 24 heavy (non-hydrogen) atoms. The molecule has 1 aromatic carbocycles. The standard InChI is InChI=1S/C17H21N3O4/c1-2-18-17(22)14-9-11-19(12-10-14)16(21)8-7-13-5-3-4-6-15(13)20(23)24/h3-8,14H,2,9-12H2,1H3,(H,18,22)/b8-7+. The maximum absolute atomic E-state index is 12.2. The summed E-state index contributed by atoms with van der Waals surface area (Å²) in [4.78, 5) is 36.2. The zero-order valence-corrected chi connectivity index (χ0v) is 13.6. The summed E-state index contributed by atoms with van der Waals surface area (Å²) in [5.74, 6) is -0.198. The Bertz CT molecular complexity index is 649. The van der Waals surface area contributed by atoms with Crippen molar-refractivity contribution in [1.29, 1.82) is 0 Å². The molecule has 1 saturated heterocycles. The SMILES string of the molecule is CCNC(=O)C1CCN(C(=O)/C=C/c2ccccc2[N+](=O)[O-])CC1. The molecule has 1 aliphatic heterocycles. The number of nitrogens with zero attached hydrogens (tertiary/aromatic N) is 2. The lowest BCUT2D eigenvalue weighted by molar-refractivity contribution is -0.385. The number of hydrogen-bond donors (Lipinski definition) is 1. The predicted octanol–water partition coefficient (Wildman–Crippen LogP) is 1.98. The molecule has 2 amide bonds. The number of para-hydroxylation sites is 1. The van der Waals surface area contributed by atoms with Crippen LogP contribution in [0.1, 0.15) is 25.3 Å². The summed E-state index contributed by atoms with van der Waals surface area (Å²) in [5, 5.41) is 13.8. The smallest absolute Gasteiger partial charge is 0.276 e. The molecule has 1 aliphatic rings. The van der Waals surface area contributed by atoms with Gasteiger partial charge < -0.3 is 10.2 Å². The number of nitro benzene ring substituents is 1. The lowest BCUT2D eigenvalue weighted by atomic mass is 9.96. The molecule has 0 aromatic heterocycles. The van der Waals surface area contributed by atoms with Crippen molar-refractivity contribution in [3.05, 3.63) is 46.0 Å². The number of likely N-dealkylation sites (tertiary alicyclic amines) is 1. The molecule has 1 fully saturated rings. The first-order valence-electron chi connectivity index (χ1n) is 8.01. The van der Waals surface area contributed by atoms with Gasteiger partial charge in [-0.15, -0.1) is 0 Å². The fourth-order valence-electron chi connectivity index (χ4n) is 2.74. The molecule has 1 N–H and O–H groups in total. The number of carbonyl (C=O) groups excluding carboxylic acids is 2. The van der Waals surface area contributed by atoms with E-state index < -0.39 is 4.92 Å². The van der Waals surface area contributed by atoms with Gasteiger partial charge in [0, 0.05) is 37.7 Å². The highest BCUT2D eigenvalue weighted by atomic mass is 16.6. The molecular formula is C17H21N3O4. The van der Waals surface area contributed by atoms with Gasteiger partial charge in [0.15, 0.2) is 0 Å². The predicted molar refractivity (Wildman–Crippen MR) is 90.1 cm³/mol. The van der Waals surface area contributed by atoms with Crippen molar-refractivity contribution in [2.24, 2.45) is 5.92 Å². The Hall–Kier alpha value is -2.70. The summed E-state index contributed by atoms with van der Waals surface area (Å²) in [5.41, 5.74) is 0.365. The van der Waals surface area contributed by atoms with Crippen LogP contribution in [-0.2, 0) is 9.59 Å². The normalized spacial score (nSPS) is 15.5. The van der Waals surface area contributed by atoms with Gasteiger partial charge in [-0.25, -0.2) is 0 Å². The average Bonchev–Trinajstić information content (AvgIpc) is 2.60. The summed E-state index contributed by atoms with van der Waals surface area (Å²) in [6.07, 6.45) is 4.10. The van der Waals surface area contributed by atoms with E-state index in [1.165, 1.54) is 18.2 Å². The van der Waals surface area contributed by atoms with Crippen LogP contribution >= 0.6 is 0 Å². The van der Waals surface area contributed by atoms with Crippen LogP contribution in [0.2, 0.25) is 0 Å². The van der Waals surface area contributed by atoms with Gasteiger partial charge in [-0.05, 0) is 31.9 Å². The highest BCUT2D eigenvalue weighted by Crippen LogP contribution is 2.20. The maximum atomic E-state index is 12.2. The van der Waals surface area contributed by atoms with E-state index in [9.17, 15) is 19.7 Å². The average molecular weight is 331 g/mol. The third-order valence-electron chi connectivity index (χ3n) is 4.07. The molecule has 0 unspecified atom stereocenters. The third kappa shape index (κ3) is 4.41. The van der Waals surface area contributed by atoms with E-state index in [1.807, 2.05) is 6.92 Å². The van der Waals surface area contributed by atoms with Gasteiger partial charge in [0.05, 0.1) is 10.5 Å². The van der Waals surface area contributed by atoms with Gasteiger partial charge in [0.25, 0.3) is 5.69 Å². The van der Waals surface area contributed by atoms with E-state index in [4.69, 9.17) is 0 Å². The zero-order valence-electron chi connectivity index (χ0n) is 13.6. The van der Waals surface area contributed by atoms with Crippen LogP contribution < -0.4 is 5.32 Å². The largest absolute Gasteiger partial charge is 0.356 e. The Morgan fingerprint density at radius 2 is 2.00 bits per heavy atom. The Balaban J connectivity index is 1.95. The lowest BCUT2D eigenvalue weighted by Gasteiger charge is -2.30. The molecule has 7 heteroatoms. The molecule has 128 valence electrons. The second kappa shape index (κ2) is 8.24. The Kier molecular flexibility index (Phi) is 6.06. The van der Waals surface area contributed by atoms with Crippen LogP contribution in [0.25, 0.3) is 6.08 Å². The van der Waals surface area contributed by atoms with Gasteiger partial charge >= 0.3 is 0 Å². The van der Waals surface area contributed by atoms with Crippen LogP contribution in [0.15, 0.2) is 30.3 Å². The Morgan fingerprint density at radius 3 is 2.62 bits per heavy atom. The van der Waals surface area contributed by atoms with Crippen LogP contribution in [0.4, 0.5) is 5.69 Å². The number of nitrogens with one attached hydrogen (secondary N) is 1. The first kappa shape index (κ1) is 17.7. The minimum atomic E-state index is -0.470. The van der Waals surface area contributed by atoms with Gasteiger partial charge in [0.2, 0.25) is 11.8 Å². The molecule has 0 radical (unpaired) electrons. The van der Waals surface area contributed by atoms with Crippen molar-refractivity contribution in [3.63, 3.8) is 0 Å². The van der Waals surface area contributed by atoms with Crippen LogP contribution in [0.5, 0.6) is 0 Å². The highest BCUT2D eigenvalue weighted by molar-refractivity contribution is 5.92. The van der Waals surface area contributed by atoms with Crippen molar-refractivity contribution in [1.82, 2.24) is 10.2 Å². The first-order chi connectivity index (χ1) is 11.5. The van der Waals surface area contributed by atoms with Crippen molar-refractivity contribution in [3.8, 4) is 0 Å². The molecule has 0 aliphatic carbocycles. The molecule has 2 rings (SSSR count). The third-order valence-corrected chi connectivity index (χ3v) is 4.07. The minimum Gasteiger partial charge on any atom is -0.356 e. The fraction of sp³-hybridized carbons (Fsp3) is 0.412. The van der Waals surface area contributed by atoms with E-state index in [2.05, 4.69) is 5.32 Å². The molecular weight excluding hydrogens is 310 g/mol. The molecule has 0 saturated carbocycles. The Morgan fingerprint density at radius 1 is 1.33 bits per heavy atom. The number of carbonyl (C=O) groups is 2. The van der Waals surface area contributed by atoms with Crippen LogP contribution in [0, 0.1) is 16.0 Å². The van der Waals surface area contributed by atoms with E-state index in [0.29, 0.717) is 38.0 Å². The van der Waals surface area contributed by atoms with Gasteiger partial charge in [-0.3, -0.25) is 19.7 Å². The summed E-state index contributed by atoms with van der Waals surface area (Å²) in [6.45, 7) is 3.52. The second-order valence-corrected chi connectivity index (χ2v) is 5.64. The molecule has 0 spiro atoms. The maximum Gasteiger partial charge on any atom is 0.276 e. The number of hydrogen-bond acceptors (Lipinski definition) is 4. The monoisotopic (exact) mass is 331 g/mol. The van der Waals surface area contributed by atoms with E-state index in [1.54, 1.807) is 23.1 Å². The molecule has 1 aromatic rings. The van der Waals surface area contributed by atoms with E-state index in [0.717, 1.165) is 0 Å². The van der Waals surface area contributed by atoms with Crippen LogP contribution in [0.3, 0.4) is 0 Å². The van der Waals surface area contributed by atoms with Gasteiger partial charge in [0.1, 0.15) is 0 Å². The van der Waals surface area contributed by atoms with E-state index >= 15 is 0 Å². The van der Waals surface area contributed by atoms with Gasteiger partial charge in [-0.1, -0.05) is 12.1 Å². The highest BCUT2D eigenvalue weighted by Gasteiger charge is 2.26. The molecule has 0 atom stereocenters. The van der Waals surface area contributed by atoms with Crippen molar-refractivity contribution >= 4 is 23.6 Å². The topological polar surface area (TPSA) is 92.6 Å². The first-order valence-corrected chi connectivity index (χ1v) is 8.01. The summed E-state index contributed by atoms with van der Waals surface area (Å²) in [7, 11) is 0. The molecule has 0 bridgehead atoms. The minimum absolute atomic E-state index is 0.0310. The molecule has 7 nitrogen and oxygen atoms in total. The van der Waals surface area contributed by atoms with Crippen molar-refractivity contribution in [2.45, 2.75) is 19.8 Å². The number of nitro groups is 1. The zero-order chi connectivity index (χ0) is 17.5. The van der Waals surface area contributed by atoms with Crippen molar-refractivity contribution in [2.75, 3.05) is 19.6 Å². The fourth-order valence-corrected chi connectivity index (χ4v) is 2.74. The molecule has 1 heterocycles. The number of amides is 2. The van der Waals surface area contributed by atoms with E-state index in [-0.39, 0.29) is 23.4 Å². The quantitative estimate of drug-likeness (QED) is 0.507. The van der Waals surface area contributed by atoms with Crippen LogP contribution in [-0.4, -0.2) is 41.3 Å². The summed E-state index contributed by atoms with van der Waals surface area (Å²) >= 11 is 0. The Labute approximate surface area is 140 Å². The second-order valence-electron chi connectivity index (χ2n) is 5.64. The lowest BCUT2D eigenvalue weighted by Crippen LogP contribution is -2.42. The number of rotatable bonds is 5. The summed E-state index contributed by atoms with van der Waals surface area (Å²) < 4.78 is 0. The number of benzene rings is 1. The van der Waals surface area contributed by atoms with Gasteiger partial charge in [-0.2, -0.15) is 0 Å². The van der Waals surface area contributed by atoms with Crippen molar-refractivity contribution < 1.29 is 14.5 Å². The summed E-state index contributed by atoms with van der Waals surface area (Å²) in [6, 6.07) is 6.28. The number of piperidine rings is 1.